The number of hydrogen-bond donors (Lipinski definition) is 3. The molecule has 0 bridgehead atoms. The van der Waals surface area contributed by atoms with Crippen molar-refractivity contribution in [1.82, 2.24) is 30.3 Å². The summed E-state index contributed by atoms with van der Waals surface area (Å²) >= 11 is 0. The molecule has 0 radical (unpaired) electrons. The second-order valence-corrected chi connectivity index (χ2v) is 8.10. The van der Waals surface area contributed by atoms with E-state index in [0.29, 0.717) is 5.56 Å². The number of nitrogens with one attached hydrogen (secondary N) is 3. The minimum Gasteiger partial charge on any atom is -0.355 e. The molecule has 0 unspecified atom stereocenters. The van der Waals surface area contributed by atoms with Gasteiger partial charge in [-0.3, -0.25) is 14.8 Å². The molecule has 7 nitrogen and oxygen atoms in total. The van der Waals surface area contributed by atoms with Gasteiger partial charge in [0.1, 0.15) is 5.69 Å². The lowest BCUT2D eigenvalue weighted by Gasteiger charge is -2.32. The highest BCUT2D eigenvalue weighted by molar-refractivity contribution is 6.01. The van der Waals surface area contributed by atoms with Crippen molar-refractivity contribution in [3.05, 3.63) is 53.6 Å². The largest absolute Gasteiger partial charge is 0.355 e. The minimum absolute atomic E-state index is 0.105. The highest BCUT2D eigenvalue weighted by atomic mass is 16.1. The quantitative estimate of drug-likeness (QED) is 0.490. The Labute approximate surface area is 175 Å². The van der Waals surface area contributed by atoms with E-state index in [1.807, 2.05) is 18.2 Å². The van der Waals surface area contributed by atoms with E-state index in [2.05, 4.69) is 61.6 Å². The molecule has 1 amide bonds. The van der Waals surface area contributed by atoms with Crippen LogP contribution in [0.25, 0.3) is 33.2 Å². The fourth-order valence-electron chi connectivity index (χ4n) is 4.18. The van der Waals surface area contributed by atoms with Gasteiger partial charge in [0, 0.05) is 61.6 Å². The van der Waals surface area contributed by atoms with E-state index < -0.39 is 0 Å². The van der Waals surface area contributed by atoms with Crippen molar-refractivity contribution in [2.45, 2.75) is 6.54 Å². The number of piperazine rings is 1. The van der Waals surface area contributed by atoms with Crippen LogP contribution in [0.5, 0.6) is 0 Å². The molecule has 0 aliphatic carbocycles. The lowest BCUT2D eigenvalue weighted by Crippen LogP contribution is -2.43. The Morgan fingerprint density at radius 1 is 1.07 bits per heavy atom. The predicted molar refractivity (Wildman–Crippen MR) is 120 cm³/mol. The van der Waals surface area contributed by atoms with Crippen LogP contribution in [0.3, 0.4) is 0 Å². The van der Waals surface area contributed by atoms with E-state index in [9.17, 15) is 4.79 Å². The van der Waals surface area contributed by atoms with Crippen LogP contribution in [0.2, 0.25) is 0 Å². The molecular weight excluding hydrogens is 376 g/mol. The molecule has 2 aromatic carbocycles. The zero-order chi connectivity index (χ0) is 20.7. The van der Waals surface area contributed by atoms with Crippen molar-refractivity contribution in [3.63, 3.8) is 0 Å². The summed E-state index contributed by atoms with van der Waals surface area (Å²) in [4.78, 5) is 20.3. The maximum atomic E-state index is 11.9. The van der Waals surface area contributed by atoms with Crippen molar-refractivity contribution >= 4 is 27.7 Å². The lowest BCUT2D eigenvalue weighted by atomic mass is 10.1. The summed E-state index contributed by atoms with van der Waals surface area (Å²) in [6.45, 7) is 5.47. The van der Waals surface area contributed by atoms with Crippen molar-refractivity contribution in [2.75, 3.05) is 40.3 Å². The van der Waals surface area contributed by atoms with Crippen LogP contribution in [0.1, 0.15) is 15.9 Å². The fraction of sp³-hybridized carbons (Fsp3) is 0.304. The second kappa shape index (κ2) is 7.59. The summed E-state index contributed by atoms with van der Waals surface area (Å²) in [5.41, 5.74) is 5.74. The van der Waals surface area contributed by atoms with Crippen LogP contribution >= 0.6 is 0 Å². The number of fused-ring (bicyclic) bond motifs is 2. The van der Waals surface area contributed by atoms with Gasteiger partial charge in [0.2, 0.25) is 0 Å². The molecule has 0 atom stereocenters. The van der Waals surface area contributed by atoms with Gasteiger partial charge in [0.15, 0.2) is 0 Å². The molecule has 2 aromatic heterocycles. The number of carbonyl (C=O) groups is 1. The van der Waals surface area contributed by atoms with Crippen LogP contribution in [0.4, 0.5) is 0 Å². The Balaban J connectivity index is 1.43. The molecule has 7 heteroatoms. The number of rotatable bonds is 4. The van der Waals surface area contributed by atoms with Crippen LogP contribution < -0.4 is 5.32 Å². The first-order valence-corrected chi connectivity index (χ1v) is 10.3. The predicted octanol–water partition coefficient (Wildman–Crippen LogP) is 2.82. The molecule has 5 rings (SSSR count). The van der Waals surface area contributed by atoms with E-state index in [-0.39, 0.29) is 5.91 Å². The molecule has 1 aliphatic heterocycles. The molecule has 30 heavy (non-hydrogen) atoms. The Morgan fingerprint density at radius 3 is 2.70 bits per heavy atom. The topological polar surface area (TPSA) is 80.1 Å². The molecule has 3 N–H and O–H groups in total. The van der Waals surface area contributed by atoms with Crippen molar-refractivity contribution in [1.29, 1.82) is 0 Å². The zero-order valence-corrected chi connectivity index (χ0v) is 17.3. The van der Waals surface area contributed by atoms with E-state index >= 15 is 0 Å². The molecule has 0 spiro atoms. The highest BCUT2D eigenvalue weighted by Gasteiger charge is 2.16. The second-order valence-electron chi connectivity index (χ2n) is 8.10. The minimum atomic E-state index is -0.105. The molecule has 3 heterocycles. The summed E-state index contributed by atoms with van der Waals surface area (Å²) in [5, 5.41) is 12.4. The van der Waals surface area contributed by atoms with Gasteiger partial charge in [-0.25, -0.2) is 0 Å². The Kier molecular flexibility index (Phi) is 4.77. The van der Waals surface area contributed by atoms with Gasteiger partial charge >= 0.3 is 0 Å². The number of nitrogens with zero attached hydrogens (tertiary/aromatic N) is 3. The van der Waals surface area contributed by atoms with Crippen molar-refractivity contribution < 1.29 is 4.79 Å². The van der Waals surface area contributed by atoms with Gasteiger partial charge in [0.25, 0.3) is 5.91 Å². The number of H-pyrrole nitrogens is 2. The van der Waals surface area contributed by atoms with Gasteiger partial charge in [-0.15, -0.1) is 0 Å². The smallest absolute Gasteiger partial charge is 0.251 e. The number of aromatic nitrogens is 3. The van der Waals surface area contributed by atoms with Gasteiger partial charge < -0.3 is 15.2 Å². The Bertz CT molecular complexity index is 1220. The average Bonchev–Trinajstić information content (AvgIpc) is 3.37. The molecule has 1 aliphatic rings. The van der Waals surface area contributed by atoms with Gasteiger partial charge in [0.05, 0.1) is 11.2 Å². The molecule has 154 valence electrons. The SMILES string of the molecule is CNC(=O)c1ccc2c(-c3cc4cc(CN5CCN(C)CC5)ccc4[nH]3)n[nH]c2c1. The molecule has 0 saturated carbocycles. The third-order valence-corrected chi connectivity index (χ3v) is 5.99. The van der Waals surface area contributed by atoms with Gasteiger partial charge in [-0.1, -0.05) is 6.07 Å². The fourth-order valence-corrected chi connectivity index (χ4v) is 4.18. The normalized spacial score (nSPS) is 15.8. The maximum Gasteiger partial charge on any atom is 0.251 e. The number of likely N-dealkylation sites (N-methyl/N-ethyl adjacent to an activating group) is 1. The van der Waals surface area contributed by atoms with Crippen molar-refractivity contribution in [2.24, 2.45) is 0 Å². The van der Waals surface area contributed by atoms with Crippen molar-refractivity contribution in [3.8, 4) is 11.4 Å². The molecule has 4 aromatic rings. The van der Waals surface area contributed by atoms with Crippen LogP contribution in [0.15, 0.2) is 42.5 Å². The summed E-state index contributed by atoms with van der Waals surface area (Å²) in [6, 6.07) is 14.4. The molecule has 1 saturated heterocycles. The van der Waals surface area contributed by atoms with E-state index in [0.717, 1.165) is 60.5 Å². The number of carbonyl (C=O) groups excluding carboxylic acids is 1. The third kappa shape index (κ3) is 3.46. The summed E-state index contributed by atoms with van der Waals surface area (Å²) in [7, 11) is 3.82. The Morgan fingerprint density at radius 2 is 1.90 bits per heavy atom. The number of hydrogen-bond acceptors (Lipinski definition) is 4. The van der Waals surface area contributed by atoms with Crippen LogP contribution in [0, 0.1) is 0 Å². The van der Waals surface area contributed by atoms with E-state index in [4.69, 9.17) is 0 Å². The molecule has 1 fully saturated rings. The number of benzene rings is 2. The summed E-state index contributed by atoms with van der Waals surface area (Å²) in [5.74, 6) is -0.105. The standard InChI is InChI=1S/C23H26N6O/c1-24-23(30)16-4-5-18-20(12-16)26-27-22(18)21-13-17-11-15(3-6-19(17)25-21)14-29-9-7-28(2)8-10-29/h3-6,11-13,25H,7-10,14H2,1-2H3,(H,24,30)(H,26,27). The maximum absolute atomic E-state index is 11.9. The first kappa shape index (κ1) is 18.8. The van der Waals surface area contributed by atoms with Gasteiger partial charge in [-0.05, 0) is 49.0 Å². The van der Waals surface area contributed by atoms with Gasteiger partial charge in [-0.2, -0.15) is 5.10 Å². The van der Waals surface area contributed by atoms with E-state index in [1.54, 1.807) is 7.05 Å². The highest BCUT2D eigenvalue weighted by Crippen LogP contribution is 2.29. The van der Waals surface area contributed by atoms with Crippen LogP contribution in [-0.2, 0) is 6.54 Å². The van der Waals surface area contributed by atoms with E-state index in [1.165, 1.54) is 10.9 Å². The third-order valence-electron chi connectivity index (χ3n) is 5.99. The Hall–Kier alpha value is -3.16. The zero-order valence-electron chi connectivity index (χ0n) is 17.3. The number of aromatic amines is 2. The van der Waals surface area contributed by atoms with Crippen LogP contribution in [-0.4, -0.2) is 71.2 Å². The lowest BCUT2D eigenvalue weighted by molar-refractivity contribution is 0.0963. The average molecular weight is 403 g/mol. The first-order valence-electron chi connectivity index (χ1n) is 10.3. The summed E-state index contributed by atoms with van der Waals surface area (Å²) < 4.78 is 0. The molecular formula is C23H26N6O. The number of amides is 1. The first-order chi connectivity index (χ1) is 14.6. The monoisotopic (exact) mass is 402 g/mol. The summed E-state index contributed by atoms with van der Waals surface area (Å²) in [6.07, 6.45) is 0.